The van der Waals surface area contributed by atoms with Gasteiger partial charge in [0.2, 0.25) is 0 Å². The second-order valence-electron chi connectivity index (χ2n) is 4.04. The number of hydrogen-bond acceptors (Lipinski definition) is 4. The van der Waals surface area contributed by atoms with E-state index in [2.05, 4.69) is 5.32 Å². The van der Waals surface area contributed by atoms with Gasteiger partial charge >= 0.3 is 0 Å². The minimum Gasteiger partial charge on any atom is -0.493 e. The summed E-state index contributed by atoms with van der Waals surface area (Å²) in [6, 6.07) is 5.41. The van der Waals surface area contributed by atoms with Crippen LogP contribution in [0, 0.1) is 0 Å². The number of ether oxygens (including phenoxy) is 2. The molecule has 1 aromatic rings. The highest BCUT2D eigenvalue weighted by atomic mass is 16.5. The molecule has 0 unspecified atom stereocenters. The molecular formula is C12H16N2O3. The molecule has 3 N–H and O–H groups in total. The van der Waals surface area contributed by atoms with Crippen molar-refractivity contribution >= 4 is 11.6 Å². The third-order valence-corrected chi connectivity index (χ3v) is 2.49. The van der Waals surface area contributed by atoms with Gasteiger partial charge in [-0.2, -0.15) is 0 Å². The van der Waals surface area contributed by atoms with E-state index >= 15 is 0 Å². The van der Waals surface area contributed by atoms with E-state index in [4.69, 9.17) is 15.2 Å². The number of anilines is 1. The first kappa shape index (κ1) is 11.6. The van der Waals surface area contributed by atoms with Crippen molar-refractivity contribution < 1.29 is 14.3 Å². The van der Waals surface area contributed by atoms with Crippen molar-refractivity contribution in [3.63, 3.8) is 0 Å². The van der Waals surface area contributed by atoms with Crippen LogP contribution in [0.3, 0.4) is 0 Å². The number of nitrogens with two attached hydrogens (primary N) is 1. The fraction of sp³-hybridized carbons (Fsp3) is 0.417. The van der Waals surface area contributed by atoms with E-state index in [-0.39, 0.29) is 12.5 Å². The van der Waals surface area contributed by atoms with Crippen LogP contribution in [0.5, 0.6) is 11.5 Å². The summed E-state index contributed by atoms with van der Waals surface area (Å²) >= 11 is 0. The number of carbonyl (C=O) groups is 1. The van der Waals surface area contributed by atoms with Gasteiger partial charge in [0, 0.05) is 17.8 Å². The van der Waals surface area contributed by atoms with Crippen LogP contribution in [-0.4, -0.2) is 25.7 Å². The van der Waals surface area contributed by atoms with Gasteiger partial charge in [0.15, 0.2) is 18.1 Å². The summed E-state index contributed by atoms with van der Waals surface area (Å²) in [5.74, 6) is 0.947. The highest BCUT2D eigenvalue weighted by molar-refractivity contribution is 5.78. The lowest BCUT2D eigenvalue weighted by Gasteiger charge is -2.11. The average molecular weight is 236 g/mol. The predicted molar refractivity (Wildman–Crippen MR) is 64.1 cm³/mol. The summed E-state index contributed by atoms with van der Waals surface area (Å²) < 4.78 is 10.5. The van der Waals surface area contributed by atoms with Crippen molar-refractivity contribution in [1.29, 1.82) is 0 Å². The Bertz CT molecular complexity index is 416. The Morgan fingerprint density at radius 3 is 2.88 bits per heavy atom. The van der Waals surface area contributed by atoms with Gasteiger partial charge in [-0.15, -0.1) is 0 Å². The van der Waals surface area contributed by atoms with E-state index in [1.54, 1.807) is 18.2 Å². The molecule has 0 radical (unpaired) electrons. The van der Waals surface area contributed by atoms with E-state index in [1.165, 1.54) is 7.11 Å². The standard InChI is InChI=1S/C12H16N2O3/c1-16-11-6-8(13)2-5-10(11)17-7-12(15)14-9-3-4-9/h2,5-6,9H,3-4,7,13H2,1H3,(H,14,15). The van der Waals surface area contributed by atoms with Crippen molar-refractivity contribution in [2.45, 2.75) is 18.9 Å². The monoisotopic (exact) mass is 236 g/mol. The zero-order valence-corrected chi connectivity index (χ0v) is 9.73. The molecule has 1 amide bonds. The van der Waals surface area contributed by atoms with Crippen molar-refractivity contribution in [3.05, 3.63) is 18.2 Å². The molecule has 1 fully saturated rings. The van der Waals surface area contributed by atoms with E-state index in [0.29, 0.717) is 23.2 Å². The van der Waals surface area contributed by atoms with E-state index in [0.717, 1.165) is 12.8 Å². The highest BCUT2D eigenvalue weighted by Crippen LogP contribution is 2.28. The van der Waals surface area contributed by atoms with Crippen LogP contribution in [0.15, 0.2) is 18.2 Å². The van der Waals surface area contributed by atoms with Gasteiger partial charge in [-0.05, 0) is 25.0 Å². The molecule has 1 aliphatic carbocycles. The Hall–Kier alpha value is -1.91. The van der Waals surface area contributed by atoms with Crippen molar-refractivity contribution in [1.82, 2.24) is 5.32 Å². The van der Waals surface area contributed by atoms with Crippen LogP contribution in [0.2, 0.25) is 0 Å². The summed E-state index contributed by atoms with van der Waals surface area (Å²) in [5, 5.41) is 2.84. The molecule has 5 nitrogen and oxygen atoms in total. The molecule has 0 heterocycles. The van der Waals surface area contributed by atoms with Gasteiger partial charge in [0.25, 0.3) is 5.91 Å². The largest absolute Gasteiger partial charge is 0.493 e. The lowest BCUT2D eigenvalue weighted by atomic mass is 10.3. The third-order valence-electron chi connectivity index (χ3n) is 2.49. The van der Waals surface area contributed by atoms with Crippen LogP contribution >= 0.6 is 0 Å². The second kappa shape index (κ2) is 4.95. The summed E-state index contributed by atoms with van der Waals surface area (Å²) in [6.07, 6.45) is 2.13. The minimum atomic E-state index is -0.105. The fourth-order valence-electron chi connectivity index (χ4n) is 1.44. The van der Waals surface area contributed by atoms with Gasteiger partial charge in [-0.1, -0.05) is 0 Å². The number of carbonyl (C=O) groups excluding carboxylic acids is 1. The van der Waals surface area contributed by atoms with Gasteiger partial charge in [0.1, 0.15) is 0 Å². The molecule has 0 atom stereocenters. The first-order valence-corrected chi connectivity index (χ1v) is 5.54. The lowest BCUT2D eigenvalue weighted by molar-refractivity contribution is -0.123. The molecule has 0 bridgehead atoms. The molecule has 5 heteroatoms. The fourth-order valence-corrected chi connectivity index (χ4v) is 1.44. The molecule has 2 rings (SSSR count). The molecule has 1 saturated carbocycles. The van der Waals surface area contributed by atoms with Crippen LogP contribution in [-0.2, 0) is 4.79 Å². The maximum atomic E-state index is 11.4. The van der Waals surface area contributed by atoms with Crippen molar-refractivity contribution in [2.75, 3.05) is 19.5 Å². The number of benzene rings is 1. The van der Waals surface area contributed by atoms with Gasteiger partial charge in [-0.25, -0.2) is 0 Å². The number of nitrogen functional groups attached to an aromatic ring is 1. The first-order chi connectivity index (χ1) is 8.19. The number of amides is 1. The summed E-state index contributed by atoms with van der Waals surface area (Å²) in [5.41, 5.74) is 6.21. The number of methoxy groups -OCH3 is 1. The Morgan fingerprint density at radius 2 is 2.24 bits per heavy atom. The maximum Gasteiger partial charge on any atom is 0.258 e. The Morgan fingerprint density at radius 1 is 1.47 bits per heavy atom. The molecular weight excluding hydrogens is 220 g/mol. The van der Waals surface area contributed by atoms with E-state index < -0.39 is 0 Å². The van der Waals surface area contributed by atoms with Crippen molar-refractivity contribution in [3.8, 4) is 11.5 Å². The zero-order valence-electron chi connectivity index (χ0n) is 9.73. The topological polar surface area (TPSA) is 73.6 Å². The summed E-state index contributed by atoms with van der Waals surface area (Å²) in [7, 11) is 1.53. The highest BCUT2D eigenvalue weighted by Gasteiger charge is 2.23. The lowest BCUT2D eigenvalue weighted by Crippen LogP contribution is -2.30. The molecule has 1 aliphatic rings. The van der Waals surface area contributed by atoms with Gasteiger partial charge in [-0.3, -0.25) is 4.79 Å². The van der Waals surface area contributed by atoms with Crippen LogP contribution in [0.4, 0.5) is 5.69 Å². The summed E-state index contributed by atoms with van der Waals surface area (Å²) in [6.45, 7) is -0.00320. The molecule has 92 valence electrons. The quantitative estimate of drug-likeness (QED) is 0.746. The van der Waals surface area contributed by atoms with Gasteiger partial charge in [0.05, 0.1) is 7.11 Å². The molecule has 17 heavy (non-hydrogen) atoms. The van der Waals surface area contributed by atoms with Gasteiger partial charge < -0.3 is 20.5 Å². The number of nitrogens with one attached hydrogen (secondary N) is 1. The molecule has 0 aliphatic heterocycles. The normalized spacial score (nSPS) is 14.2. The number of hydrogen-bond donors (Lipinski definition) is 2. The average Bonchev–Trinajstić information content (AvgIpc) is 3.11. The van der Waals surface area contributed by atoms with Crippen LogP contribution < -0.4 is 20.5 Å². The SMILES string of the molecule is COc1cc(N)ccc1OCC(=O)NC1CC1. The smallest absolute Gasteiger partial charge is 0.258 e. The zero-order chi connectivity index (χ0) is 12.3. The number of rotatable bonds is 5. The van der Waals surface area contributed by atoms with Crippen LogP contribution in [0.1, 0.15) is 12.8 Å². The Kier molecular flexibility index (Phi) is 3.37. The predicted octanol–water partition coefficient (Wildman–Crippen LogP) is 0.935. The maximum absolute atomic E-state index is 11.4. The second-order valence-corrected chi connectivity index (χ2v) is 4.04. The molecule has 0 spiro atoms. The Balaban J connectivity index is 1.90. The van der Waals surface area contributed by atoms with E-state index in [9.17, 15) is 4.79 Å². The minimum absolute atomic E-state index is 0.00320. The van der Waals surface area contributed by atoms with Crippen molar-refractivity contribution in [2.24, 2.45) is 0 Å². The third kappa shape index (κ3) is 3.27. The first-order valence-electron chi connectivity index (χ1n) is 5.54. The Labute approximate surface area is 99.9 Å². The van der Waals surface area contributed by atoms with E-state index in [1.807, 2.05) is 0 Å². The molecule has 0 aromatic heterocycles. The summed E-state index contributed by atoms with van der Waals surface area (Å²) in [4.78, 5) is 11.4. The molecule has 1 aromatic carbocycles. The van der Waals surface area contributed by atoms with Crippen LogP contribution in [0.25, 0.3) is 0 Å². The molecule has 0 saturated heterocycles.